The summed E-state index contributed by atoms with van der Waals surface area (Å²) in [6.07, 6.45) is 1.38. The number of hydrogen-bond donors (Lipinski definition) is 2. The van der Waals surface area contributed by atoms with Crippen molar-refractivity contribution in [3.8, 4) is 0 Å². The van der Waals surface area contributed by atoms with Crippen LogP contribution in [0.1, 0.15) is 16.1 Å². The van der Waals surface area contributed by atoms with Crippen LogP contribution in [0, 0.1) is 18.6 Å². The quantitative estimate of drug-likeness (QED) is 0.694. The molecule has 0 saturated heterocycles. The maximum absolute atomic E-state index is 13.3. The summed E-state index contributed by atoms with van der Waals surface area (Å²) in [4.78, 5) is 20.4. The van der Waals surface area contributed by atoms with Crippen molar-refractivity contribution in [2.24, 2.45) is 0 Å². The number of nitrogens with one attached hydrogen (secondary N) is 2. The van der Waals surface area contributed by atoms with Crippen LogP contribution in [-0.2, 0) is 0 Å². The van der Waals surface area contributed by atoms with Gasteiger partial charge in [0.1, 0.15) is 5.69 Å². The Morgan fingerprint density at radius 1 is 1.04 bits per heavy atom. The Labute approximate surface area is 153 Å². The van der Waals surface area contributed by atoms with Gasteiger partial charge in [0.05, 0.1) is 0 Å². The fraction of sp³-hybridized carbons (Fsp3) is 0.0556. The van der Waals surface area contributed by atoms with Gasteiger partial charge in [0.2, 0.25) is 5.95 Å². The van der Waals surface area contributed by atoms with Gasteiger partial charge in [0, 0.05) is 28.7 Å². The van der Waals surface area contributed by atoms with E-state index in [1.54, 1.807) is 18.2 Å². The third-order valence-electron chi connectivity index (χ3n) is 3.49. The van der Waals surface area contributed by atoms with E-state index in [4.69, 9.17) is 11.6 Å². The van der Waals surface area contributed by atoms with Crippen molar-refractivity contribution in [2.75, 3.05) is 10.6 Å². The summed E-state index contributed by atoms with van der Waals surface area (Å²) < 4.78 is 26.2. The molecule has 2 N–H and O–H groups in total. The van der Waals surface area contributed by atoms with Crippen LogP contribution in [0.25, 0.3) is 0 Å². The Balaban J connectivity index is 1.76. The molecule has 8 heteroatoms. The number of anilines is 3. The average molecular weight is 375 g/mol. The first-order valence-corrected chi connectivity index (χ1v) is 7.93. The minimum absolute atomic E-state index is 0.0746. The first-order chi connectivity index (χ1) is 12.4. The molecule has 0 aliphatic carbocycles. The molecule has 0 bridgehead atoms. The highest BCUT2D eigenvalue weighted by atomic mass is 35.5. The molecular weight excluding hydrogens is 362 g/mol. The van der Waals surface area contributed by atoms with Gasteiger partial charge in [-0.15, -0.1) is 0 Å². The van der Waals surface area contributed by atoms with Crippen LogP contribution in [0.2, 0.25) is 5.02 Å². The molecule has 0 unspecified atom stereocenters. The maximum atomic E-state index is 13.3. The van der Waals surface area contributed by atoms with Crippen molar-refractivity contribution in [1.82, 2.24) is 9.97 Å². The van der Waals surface area contributed by atoms with Crippen molar-refractivity contribution in [3.05, 3.63) is 76.6 Å². The number of hydrogen-bond acceptors (Lipinski definition) is 4. The number of rotatable bonds is 4. The van der Waals surface area contributed by atoms with Gasteiger partial charge < -0.3 is 10.6 Å². The molecule has 0 atom stereocenters. The number of carbonyl (C=O) groups is 1. The Bertz CT molecular complexity index is 981. The maximum Gasteiger partial charge on any atom is 0.274 e. The molecule has 2 aromatic carbocycles. The normalized spacial score (nSPS) is 10.5. The van der Waals surface area contributed by atoms with Gasteiger partial charge in [-0.25, -0.2) is 18.7 Å². The lowest BCUT2D eigenvalue weighted by atomic mass is 10.2. The molecule has 1 aromatic heterocycles. The molecule has 5 nitrogen and oxygen atoms in total. The van der Waals surface area contributed by atoms with Gasteiger partial charge in [-0.1, -0.05) is 17.7 Å². The molecule has 0 aliphatic rings. The zero-order valence-electron chi connectivity index (χ0n) is 13.6. The predicted octanol–water partition coefficient (Wildman–Crippen LogP) is 4.71. The third kappa shape index (κ3) is 4.12. The van der Waals surface area contributed by atoms with Gasteiger partial charge in [0.25, 0.3) is 5.91 Å². The van der Waals surface area contributed by atoms with Gasteiger partial charge in [-0.05, 0) is 42.8 Å². The SMILES string of the molecule is Cc1ccc(NC(=O)c2ccnc(Nc3ccc(F)c(F)c3)n2)cc1Cl. The Hall–Kier alpha value is -3.06. The second-order valence-corrected chi connectivity index (χ2v) is 5.84. The smallest absolute Gasteiger partial charge is 0.274 e. The van der Waals surface area contributed by atoms with Crippen LogP contribution in [0.5, 0.6) is 0 Å². The van der Waals surface area contributed by atoms with E-state index < -0.39 is 17.5 Å². The van der Waals surface area contributed by atoms with Crippen LogP contribution in [0.4, 0.5) is 26.1 Å². The number of benzene rings is 2. The molecule has 0 saturated carbocycles. The van der Waals surface area contributed by atoms with Crippen molar-refractivity contribution in [1.29, 1.82) is 0 Å². The molecule has 3 aromatic rings. The molecular formula is C18H13ClF2N4O. The van der Waals surface area contributed by atoms with Gasteiger partial charge in [-0.2, -0.15) is 0 Å². The van der Waals surface area contributed by atoms with E-state index in [0.29, 0.717) is 10.7 Å². The number of carbonyl (C=O) groups excluding carboxylic acids is 1. The summed E-state index contributed by atoms with van der Waals surface area (Å²) in [5, 5.41) is 5.93. The van der Waals surface area contributed by atoms with Crippen LogP contribution >= 0.6 is 11.6 Å². The summed E-state index contributed by atoms with van der Waals surface area (Å²) in [5.41, 5.74) is 1.78. The topological polar surface area (TPSA) is 66.9 Å². The molecule has 3 rings (SSSR count). The van der Waals surface area contributed by atoms with E-state index in [2.05, 4.69) is 20.6 Å². The van der Waals surface area contributed by atoms with Crippen molar-refractivity contribution in [3.63, 3.8) is 0 Å². The fourth-order valence-corrected chi connectivity index (χ4v) is 2.29. The van der Waals surface area contributed by atoms with E-state index in [-0.39, 0.29) is 17.3 Å². The van der Waals surface area contributed by atoms with Crippen LogP contribution < -0.4 is 10.6 Å². The third-order valence-corrected chi connectivity index (χ3v) is 3.90. The van der Waals surface area contributed by atoms with Crippen LogP contribution in [-0.4, -0.2) is 15.9 Å². The lowest BCUT2D eigenvalue weighted by Crippen LogP contribution is -2.14. The molecule has 26 heavy (non-hydrogen) atoms. The zero-order valence-corrected chi connectivity index (χ0v) is 14.3. The van der Waals surface area contributed by atoms with E-state index in [0.717, 1.165) is 17.7 Å². The lowest BCUT2D eigenvalue weighted by Gasteiger charge is -2.08. The van der Waals surface area contributed by atoms with Gasteiger partial charge in [-0.3, -0.25) is 4.79 Å². The highest BCUT2D eigenvalue weighted by Crippen LogP contribution is 2.21. The first-order valence-electron chi connectivity index (χ1n) is 7.55. The zero-order chi connectivity index (χ0) is 18.7. The molecule has 132 valence electrons. The number of aryl methyl sites for hydroxylation is 1. The summed E-state index contributed by atoms with van der Waals surface area (Å²) >= 11 is 6.04. The minimum atomic E-state index is -1.000. The Morgan fingerprint density at radius 2 is 1.81 bits per heavy atom. The summed E-state index contributed by atoms with van der Waals surface area (Å²) in [6.45, 7) is 1.86. The number of amides is 1. The molecule has 0 radical (unpaired) electrons. The van der Waals surface area contributed by atoms with Gasteiger partial charge in [0.15, 0.2) is 11.6 Å². The van der Waals surface area contributed by atoms with E-state index in [1.807, 2.05) is 6.92 Å². The second-order valence-electron chi connectivity index (χ2n) is 5.44. The van der Waals surface area contributed by atoms with Crippen molar-refractivity contribution < 1.29 is 13.6 Å². The summed E-state index contributed by atoms with van der Waals surface area (Å²) in [6, 6.07) is 9.87. The highest BCUT2D eigenvalue weighted by Gasteiger charge is 2.11. The number of halogens is 3. The molecule has 0 spiro atoms. The van der Waals surface area contributed by atoms with E-state index >= 15 is 0 Å². The standard InChI is InChI=1S/C18H13ClF2N4O/c1-10-2-3-11(8-13(10)19)23-17(26)16-6-7-22-18(25-16)24-12-4-5-14(20)15(21)9-12/h2-9H,1H3,(H,23,26)(H,22,24,25). The number of aromatic nitrogens is 2. The molecule has 0 fully saturated rings. The monoisotopic (exact) mass is 374 g/mol. The van der Waals surface area contributed by atoms with E-state index in [1.165, 1.54) is 18.3 Å². The second kappa shape index (κ2) is 7.45. The van der Waals surface area contributed by atoms with E-state index in [9.17, 15) is 13.6 Å². The van der Waals surface area contributed by atoms with Gasteiger partial charge >= 0.3 is 0 Å². The highest BCUT2D eigenvalue weighted by molar-refractivity contribution is 6.31. The minimum Gasteiger partial charge on any atom is -0.324 e. The summed E-state index contributed by atoms with van der Waals surface area (Å²) in [7, 11) is 0. The largest absolute Gasteiger partial charge is 0.324 e. The summed E-state index contributed by atoms with van der Waals surface area (Å²) in [5.74, 6) is -2.34. The Morgan fingerprint density at radius 3 is 2.54 bits per heavy atom. The number of nitrogens with zero attached hydrogens (tertiary/aromatic N) is 2. The first kappa shape index (κ1) is 17.8. The average Bonchev–Trinajstić information content (AvgIpc) is 2.61. The molecule has 1 amide bonds. The lowest BCUT2D eigenvalue weighted by molar-refractivity contribution is 0.102. The van der Waals surface area contributed by atoms with Crippen LogP contribution in [0.3, 0.4) is 0 Å². The van der Waals surface area contributed by atoms with Crippen LogP contribution in [0.15, 0.2) is 48.7 Å². The molecule has 0 aliphatic heterocycles. The fourth-order valence-electron chi connectivity index (χ4n) is 2.11. The van der Waals surface area contributed by atoms with Crippen molar-refractivity contribution in [2.45, 2.75) is 6.92 Å². The predicted molar refractivity (Wildman–Crippen MR) is 95.8 cm³/mol. The Kier molecular flexibility index (Phi) is 5.09. The molecule has 1 heterocycles. The van der Waals surface area contributed by atoms with Crippen molar-refractivity contribution >= 4 is 34.8 Å².